The smallest absolute Gasteiger partial charge is 0.344 e. The summed E-state index contributed by atoms with van der Waals surface area (Å²) in [6.07, 6.45) is -0.815. The molecule has 3 nitrogen and oxygen atoms in total. The van der Waals surface area contributed by atoms with E-state index in [-0.39, 0.29) is 0 Å². The van der Waals surface area contributed by atoms with Crippen LogP contribution in [0.5, 0.6) is 5.75 Å². The summed E-state index contributed by atoms with van der Waals surface area (Å²) in [6.45, 7) is 7.41. The molecule has 0 saturated carbocycles. The number of carboxylic acid groups (broad SMARTS) is 1. The summed E-state index contributed by atoms with van der Waals surface area (Å²) in [5.74, 6) is -0.295. The first-order valence-electron chi connectivity index (χ1n) is 4.89. The van der Waals surface area contributed by atoms with Crippen molar-refractivity contribution in [2.75, 3.05) is 0 Å². The van der Waals surface area contributed by atoms with Gasteiger partial charge in [-0.25, -0.2) is 4.79 Å². The molecule has 0 spiro atoms. The first-order valence-corrected chi connectivity index (χ1v) is 4.89. The second kappa shape index (κ2) is 4.34. The quantitative estimate of drug-likeness (QED) is 0.830. The zero-order valence-corrected chi connectivity index (χ0v) is 9.50. The van der Waals surface area contributed by atoms with E-state index < -0.39 is 12.1 Å². The molecule has 0 aromatic heterocycles. The maximum absolute atomic E-state index is 10.7. The van der Waals surface area contributed by atoms with E-state index in [4.69, 9.17) is 9.84 Å². The largest absolute Gasteiger partial charge is 0.479 e. The summed E-state index contributed by atoms with van der Waals surface area (Å²) in [4.78, 5) is 10.7. The number of carbonyl (C=O) groups is 1. The SMILES string of the molecule is Cc1cc(C)c(C)c(OC(C)C(=O)O)c1. The summed E-state index contributed by atoms with van der Waals surface area (Å²) in [5, 5.41) is 8.75. The molecule has 0 aliphatic carbocycles. The van der Waals surface area contributed by atoms with Gasteiger partial charge < -0.3 is 9.84 Å². The summed E-state index contributed by atoms with van der Waals surface area (Å²) in [5.41, 5.74) is 3.18. The number of ether oxygens (including phenoxy) is 1. The Balaban J connectivity index is 2.99. The minimum Gasteiger partial charge on any atom is -0.479 e. The third kappa shape index (κ3) is 2.72. The number of aryl methyl sites for hydroxylation is 2. The van der Waals surface area contributed by atoms with Crippen molar-refractivity contribution in [1.82, 2.24) is 0 Å². The Hall–Kier alpha value is -1.51. The Morgan fingerprint density at radius 2 is 1.93 bits per heavy atom. The Labute approximate surface area is 89.7 Å². The van der Waals surface area contributed by atoms with Crippen LogP contribution in [0.4, 0.5) is 0 Å². The van der Waals surface area contributed by atoms with Crippen molar-refractivity contribution >= 4 is 5.97 Å². The van der Waals surface area contributed by atoms with Gasteiger partial charge in [0.25, 0.3) is 0 Å². The molecule has 1 unspecified atom stereocenters. The summed E-state index contributed by atoms with van der Waals surface area (Å²) in [6, 6.07) is 3.91. The summed E-state index contributed by atoms with van der Waals surface area (Å²) >= 11 is 0. The van der Waals surface area contributed by atoms with Gasteiger partial charge in [-0.05, 0) is 50.5 Å². The normalized spacial score (nSPS) is 12.3. The van der Waals surface area contributed by atoms with Gasteiger partial charge in [-0.2, -0.15) is 0 Å². The van der Waals surface area contributed by atoms with E-state index in [0.717, 1.165) is 16.7 Å². The van der Waals surface area contributed by atoms with Crippen molar-refractivity contribution in [3.8, 4) is 5.75 Å². The van der Waals surface area contributed by atoms with E-state index in [0.29, 0.717) is 5.75 Å². The minimum atomic E-state index is -0.950. The van der Waals surface area contributed by atoms with Crippen LogP contribution in [0.1, 0.15) is 23.6 Å². The lowest BCUT2D eigenvalue weighted by molar-refractivity contribution is -0.144. The van der Waals surface area contributed by atoms with E-state index in [1.807, 2.05) is 32.9 Å². The Bertz CT molecular complexity index is 383. The monoisotopic (exact) mass is 208 g/mol. The third-order valence-corrected chi connectivity index (χ3v) is 2.42. The average molecular weight is 208 g/mol. The lowest BCUT2D eigenvalue weighted by Gasteiger charge is -2.15. The third-order valence-electron chi connectivity index (χ3n) is 2.42. The maximum Gasteiger partial charge on any atom is 0.344 e. The number of rotatable bonds is 3. The van der Waals surface area contributed by atoms with E-state index in [1.54, 1.807) is 0 Å². The van der Waals surface area contributed by atoms with Crippen molar-refractivity contribution < 1.29 is 14.6 Å². The molecule has 82 valence electrons. The number of aliphatic carboxylic acids is 1. The zero-order valence-electron chi connectivity index (χ0n) is 9.50. The van der Waals surface area contributed by atoms with E-state index in [2.05, 4.69) is 0 Å². The second-order valence-electron chi connectivity index (χ2n) is 3.80. The predicted molar refractivity (Wildman–Crippen MR) is 58.4 cm³/mol. The molecular formula is C12H16O3. The molecule has 0 fully saturated rings. The molecule has 0 aliphatic heterocycles. The Morgan fingerprint density at radius 1 is 1.33 bits per heavy atom. The van der Waals surface area contributed by atoms with E-state index in [9.17, 15) is 4.79 Å². The van der Waals surface area contributed by atoms with Crippen LogP contribution in [0, 0.1) is 20.8 Å². The molecule has 0 aliphatic rings. The highest BCUT2D eigenvalue weighted by Gasteiger charge is 2.14. The van der Waals surface area contributed by atoms with Gasteiger partial charge in [0, 0.05) is 0 Å². The molecule has 3 heteroatoms. The van der Waals surface area contributed by atoms with Gasteiger partial charge in [0.05, 0.1) is 0 Å². The van der Waals surface area contributed by atoms with Crippen molar-refractivity contribution in [3.05, 3.63) is 28.8 Å². The van der Waals surface area contributed by atoms with Gasteiger partial charge in [0.15, 0.2) is 6.10 Å². The molecule has 0 saturated heterocycles. The van der Waals surface area contributed by atoms with Crippen molar-refractivity contribution in [3.63, 3.8) is 0 Å². The van der Waals surface area contributed by atoms with E-state index in [1.165, 1.54) is 6.92 Å². The van der Waals surface area contributed by atoms with Crippen LogP contribution < -0.4 is 4.74 Å². The predicted octanol–water partition coefficient (Wildman–Crippen LogP) is 2.46. The van der Waals surface area contributed by atoms with Crippen molar-refractivity contribution in [1.29, 1.82) is 0 Å². The van der Waals surface area contributed by atoms with Crippen LogP contribution in [-0.2, 0) is 4.79 Å². The lowest BCUT2D eigenvalue weighted by atomic mass is 10.1. The Morgan fingerprint density at radius 3 is 2.47 bits per heavy atom. The first-order chi connectivity index (χ1) is 6.91. The first kappa shape index (κ1) is 11.6. The molecule has 1 atom stereocenters. The molecule has 1 aromatic carbocycles. The van der Waals surface area contributed by atoms with Crippen molar-refractivity contribution in [2.24, 2.45) is 0 Å². The molecule has 0 bridgehead atoms. The molecule has 1 aromatic rings. The molecular weight excluding hydrogens is 192 g/mol. The number of benzene rings is 1. The van der Waals surface area contributed by atoms with Gasteiger partial charge >= 0.3 is 5.97 Å². The van der Waals surface area contributed by atoms with Gasteiger partial charge in [-0.15, -0.1) is 0 Å². The molecule has 1 rings (SSSR count). The Kier molecular flexibility index (Phi) is 3.35. The summed E-state index contributed by atoms with van der Waals surface area (Å²) < 4.78 is 5.37. The highest BCUT2D eigenvalue weighted by molar-refractivity contribution is 5.72. The molecule has 0 radical (unpaired) electrons. The maximum atomic E-state index is 10.7. The van der Waals surface area contributed by atoms with Gasteiger partial charge in [-0.3, -0.25) is 0 Å². The topological polar surface area (TPSA) is 46.5 Å². The van der Waals surface area contributed by atoms with Crippen LogP contribution in [0.3, 0.4) is 0 Å². The standard InChI is InChI=1S/C12H16O3/c1-7-5-8(2)9(3)11(6-7)15-10(4)12(13)14/h5-6,10H,1-4H3,(H,13,14). The van der Waals surface area contributed by atoms with E-state index >= 15 is 0 Å². The van der Waals surface area contributed by atoms with Crippen molar-refractivity contribution in [2.45, 2.75) is 33.8 Å². The fourth-order valence-corrected chi connectivity index (χ4v) is 1.36. The van der Waals surface area contributed by atoms with Crippen LogP contribution in [-0.4, -0.2) is 17.2 Å². The fraction of sp³-hybridized carbons (Fsp3) is 0.417. The lowest BCUT2D eigenvalue weighted by Crippen LogP contribution is -2.23. The molecule has 15 heavy (non-hydrogen) atoms. The molecule has 1 N–H and O–H groups in total. The molecule has 0 heterocycles. The van der Waals surface area contributed by atoms with Crippen LogP contribution in [0.25, 0.3) is 0 Å². The minimum absolute atomic E-state index is 0.655. The van der Waals surface area contributed by atoms with Gasteiger partial charge in [0.2, 0.25) is 0 Å². The highest BCUT2D eigenvalue weighted by Crippen LogP contribution is 2.24. The zero-order chi connectivity index (χ0) is 11.6. The fourth-order valence-electron chi connectivity index (χ4n) is 1.36. The number of hydrogen-bond acceptors (Lipinski definition) is 2. The highest BCUT2D eigenvalue weighted by atomic mass is 16.5. The van der Waals surface area contributed by atoms with Gasteiger partial charge in [-0.1, -0.05) is 6.07 Å². The van der Waals surface area contributed by atoms with Crippen LogP contribution >= 0.6 is 0 Å². The summed E-state index contributed by atoms with van der Waals surface area (Å²) in [7, 11) is 0. The average Bonchev–Trinajstić information content (AvgIpc) is 2.13. The van der Waals surface area contributed by atoms with Crippen LogP contribution in [0.2, 0.25) is 0 Å². The van der Waals surface area contributed by atoms with Crippen LogP contribution in [0.15, 0.2) is 12.1 Å². The number of carboxylic acids is 1. The van der Waals surface area contributed by atoms with Gasteiger partial charge in [0.1, 0.15) is 5.75 Å². The second-order valence-corrected chi connectivity index (χ2v) is 3.80. The number of hydrogen-bond donors (Lipinski definition) is 1. The molecule has 0 amide bonds.